The zero-order chi connectivity index (χ0) is 39.0. The van der Waals surface area contributed by atoms with Gasteiger partial charge in [-0.05, 0) is 101 Å². The van der Waals surface area contributed by atoms with E-state index in [-0.39, 0.29) is 0 Å². The number of quaternary nitrogens is 1. The van der Waals surface area contributed by atoms with Crippen LogP contribution in [0, 0.1) is 32.1 Å². The summed E-state index contributed by atoms with van der Waals surface area (Å²) in [6, 6.07) is 18.6. The first kappa shape index (κ1) is 46.6. The summed E-state index contributed by atoms with van der Waals surface area (Å²) in [6.45, 7) is 32.9. The maximum absolute atomic E-state index is 9.50. The molecule has 3 aromatic carbocycles. The quantitative estimate of drug-likeness (QED) is 0.107. The smallest absolute Gasteiger partial charge is 0.162 e. The first-order chi connectivity index (χ1) is 24.7. The molecule has 1 fully saturated rings. The van der Waals surface area contributed by atoms with Crippen LogP contribution in [-0.2, 0) is 13.2 Å². The van der Waals surface area contributed by atoms with Crippen LogP contribution in [0.3, 0.4) is 0 Å². The van der Waals surface area contributed by atoms with Crippen molar-refractivity contribution in [1.82, 2.24) is 15.3 Å². The minimum absolute atomic E-state index is 0.368. The van der Waals surface area contributed by atoms with E-state index < -0.39 is 0 Å². The van der Waals surface area contributed by atoms with Gasteiger partial charge in [-0.2, -0.15) is 5.26 Å². The van der Waals surface area contributed by atoms with Gasteiger partial charge in [0.1, 0.15) is 18.9 Å². The van der Waals surface area contributed by atoms with Gasteiger partial charge in [0.05, 0.1) is 49.3 Å². The Kier molecular flexibility index (Phi) is 23.3. The molecule has 1 unspecified atom stereocenters. The highest BCUT2D eigenvalue weighted by Crippen LogP contribution is 2.29. The van der Waals surface area contributed by atoms with Crippen LogP contribution in [0.4, 0.5) is 5.69 Å². The van der Waals surface area contributed by atoms with E-state index in [0.29, 0.717) is 12.2 Å². The highest BCUT2D eigenvalue weighted by atomic mass is 16.5. The molecule has 5 rings (SSSR count). The third kappa shape index (κ3) is 14.4. The predicted octanol–water partition coefficient (Wildman–Crippen LogP) is 9.09. The van der Waals surface area contributed by atoms with Crippen molar-refractivity contribution in [3.8, 4) is 11.8 Å². The van der Waals surface area contributed by atoms with Gasteiger partial charge in [-0.15, -0.1) is 13.2 Å². The summed E-state index contributed by atoms with van der Waals surface area (Å²) in [4.78, 5) is 10.8. The number of fused-ring (bicyclic) bond motifs is 1. The van der Waals surface area contributed by atoms with Crippen molar-refractivity contribution in [1.29, 1.82) is 5.26 Å². The standard InChI is InChI=1S/C33H40N5O.C3H7N.2C2H6.C2H4.CH5N/c1-8-26-18-24(4)33-29(19-26)35-32(36-33)21-38(7,9-2)16-15-37(6)30-11-10-12-31(25(30)5)39-22-27-14-13-23(3)17-28(27)20-34;1-2-4-3-1;4*1-2/h8,10-14,17-19H,1,9,15-16,21-22H2,2-7H3,(H,35,36);4H,1-3H2;2*1-2H3;1-2H2;2H2,1H3/q+1;;;;;. The largest absolute Gasteiger partial charge is 0.489 e. The number of nitrogens with two attached hydrogens (primary N) is 1. The molecule has 2 heterocycles. The molecule has 51 heavy (non-hydrogen) atoms. The van der Waals surface area contributed by atoms with Gasteiger partial charge < -0.3 is 30.2 Å². The molecule has 1 aliphatic heterocycles. The molecular formula is C43H68N7O+. The van der Waals surface area contributed by atoms with E-state index in [0.717, 1.165) is 81.2 Å². The Morgan fingerprint density at radius 1 is 1.04 bits per heavy atom. The fourth-order valence-electron chi connectivity index (χ4n) is 5.21. The van der Waals surface area contributed by atoms with Gasteiger partial charge in [0, 0.05) is 23.9 Å². The van der Waals surface area contributed by atoms with Crippen molar-refractivity contribution in [3.63, 3.8) is 0 Å². The maximum Gasteiger partial charge on any atom is 0.162 e. The Bertz CT molecular complexity index is 1610. The summed E-state index contributed by atoms with van der Waals surface area (Å²) in [5.41, 5.74) is 13.8. The van der Waals surface area contributed by atoms with E-state index in [2.05, 4.69) is 99.8 Å². The lowest BCUT2D eigenvalue weighted by Gasteiger charge is -2.35. The maximum atomic E-state index is 9.50. The van der Waals surface area contributed by atoms with Crippen LogP contribution in [0.15, 0.2) is 68.3 Å². The molecule has 8 heteroatoms. The third-order valence-electron chi connectivity index (χ3n) is 8.50. The van der Waals surface area contributed by atoms with Crippen molar-refractivity contribution in [2.24, 2.45) is 5.73 Å². The van der Waals surface area contributed by atoms with Gasteiger partial charge in [-0.3, -0.25) is 0 Å². The van der Waals surface area contributed by atoms with Crippen LogP contribution in [0.1, 0.15) is 80.2 Å². The lowest BCUT2D eigenvalue weighted by molar-refractivity contribution is -0.920. The van der Waals surface area contributed by atoms with Crippen LogP contribution < -0.4 is 20.7 Å². The number of nitrogens with one attached hydrogen (secondary N) is 2. The highest BCUT2D eigenvalue weighted by Gasteiger charge is 2.23. The van der Waals surface area contributed by atoms with Crippen molar-refractivity contribution in [2.75, 3.05) is 58.8 Å². The molecule has 1 aliphatic rings. The summed E-state index contributed by atoms with van der Waals surface area (Å²) in [7, 11) is 5.94. The molecule has 0 saturated carbocycles. The molecule has 280 valence electrons. The Hall–Kier alpha value is -4.42. The van der Waals surface area contributed by atoms with E-state index in [1.807, 2.05) is 71.0 Å². The summed E-state index contributed by atoms with van der Waals surface area (Å²) in [5.74, 6) is 1.86. The van der Waals surface area contributed by atoms with Gasteiger partial charge in [0.2, 0.25) is 0 Å². The number of H-pyrrole nitrogens is 1. The number of imidazole rings is 1. The van der Waals surface area contributed by atoms with Gasteiger partial charge >= 0.3 is 0 Å². The number of hydrogen-bond acceptors (Lipinski definition) is 6. The van der Waals surface area contributed by atoms with Gasteiger partial charge in [0.15, 0.2) is 5.82 Å². The average molecular weight is 699 g/mol. The monoisotopic (exact) mass is 699 g/mol. The number of rotatable bonds is 11. The van der Waals surface area contributed by atoms with Crippen LogP contribution in [0.5, 0.6) is 5.75 Å². The fraction of sp³-hybridized carbons (Fsp3) is 0.442. The molecule has 1 aromatic heterocycles. The average Bonchev–Trinajstić information content (AvgIpc) is 3.55. The van der Waals surface area contributed by atoms with E-state index in [1.165, 1.54) is 32.1 Å². The molecule has 0 amide bonds. The lowest BCUT2D eigenvalue weighted by atomic mass is 10.1. The molecule has 0 aliphatic carbocycles. The molecule has 1 saturated heterocycles. The number of likely N-dealkylation sites (N-methyl/N-ethyl adjacent to an activating group) is 2. The lowest BCUT2D eigenvalue weighted by Crippen LogP contribution is -2.47. The van der Waals surface area contributed by atoms with E-state index in [4.69, 9.17) is 9.72 Å². The summed E-state index contributed by atoms with van der Waals surface area (Å²) < 4.78 is 7.07. The van der Waals surface area contributed by atoms with Crippen LogP contribution in [0.25, 0.3) is 17.1 Å². The topological polar surface area (TPSA) is 103 Å². The SMILES string of the molecule is C1CNC1.C=C.C=Cc1cc(C)c2nc(C[N+](C)(CC)CCN(C)c3cccc(OCc4ccc(C)cc4C#N)c3C)[nH]c2c1.CC.CC.CN. The molecule has 4 aromatic rings. The van der Waals surface area contributed by atoms with Crippen molar-refractivity contribution in [2.45, 2.75) is 75.0 Å². The van der Waals surface area contributed by atoms with Crippen molar-refractivity contribution >= 4 is 22.8 Å². The molecule has 4 N–H and O–H groups in total. The molecule has 0 radical (unpaired) electrons. The van der Waals surface area contributed by atoms with Crippen molar-refractivity contribution in [3.05, 3.63) is 107 Å². The number of aromatic nitrogens is 2. The third-order valence-corrected chi connectivity index (χ3v) is 8.50. The Morgan fingerprint density at radius 3 is 2.22 bits per heavy atom. The minimum atomic E-state index is 0.368. The minimum Gasteiger partial charge on any atom is -0.489 e. The Labute approximate surface area is 310 Å². The van der Waals surface area contributed by atoms with E-state index in [9.17, 15) is 5.26 Å². The first-order valence-corrected chi connectivity index (χ1v) is 18.3. The number of aromatic amines is 1. The number of ether oxygens (including phenoxy) is 1. The van der Waals surface area contributed by atoms with Gasteiger partial charge in [0.25, 0.3) is 0 Å². The van der Waals surface area contributed by atoms with Gasteiger partial charge in [-0.25, -0.2) is 4.98 Å². The van der Waals surface area contributed by atoms with E-state index in [1.54, 1.807) is 0 Å². The van der Waals surface area contributed by atoms with Gasteiger partial charge in [-0.1, -0.05) is 58.5 Å². The number of hydrogen-bond donors (Lipinski definition) is 3. The summed E-state index contributed by atoms with van der Waals surface area (Å²) in [5, 5.41) is 12.6. The molecular weight excluding hydrogens is 631 g/mol. The van der Waals surface area contributed by atoms with Crippen molar-refractivity contribution < 1.29 is 9.22 Å². The molecule has 1 atom stereocenters. The highest BCUT2D eigenvalue weighted by molar-refractivity contribution is 5.81. The number of benzene rings is 3. The number of aryl methyl sites for hydroxylation is 2. The number of nitrogens with zero attached hydrogens (tertiary/aromatic N) is 4. The Balaban J connectivity index is 0.00000183. The Morgan fingerprint density at radius 2 is 1.67 bits per heavy atom. The van der Waals surface area contributed by atoms with Crippen LogP contribution >= 0.6 is 0 Å². The van der Waals surface area contributed by atoms with Crippen LogP contribution in [-0.4, -0.2) is 68.3 Å². The second-order valence-corrected chi connectivity index (χ2v) is 11.9. The predicted molar refractivity (Wildman–Crippen MR) is 222 cm³/mol. The van der Waals surface area contributed by atoms with Crippen LogP contribution in [0.2, 0.25) is 0 Å². The summed E-state index contributed by atoms with van der Waals surface area (Å²) in [6.07, 6.45) is 3.27. The number of nitriles is 1. The second kappa shape index (κ2) is 25.5. The normalized spacial score (nSPS) is 12.0. The zero-order valence-corrected chi connectivity index (χ0v) is 33.7. The first-order valence-electron chi connectivity index (χ1n) is 18.3. The zero-order valence-electron chi connectivity index (χ0n) is 33.7. The molecule has 8 nitrogen and oxygen atoms in total. The fourth-order valence-corrected chi connectivity index (χ4v) is 5.21. The second-order valence-electron chi connectivity index (χ2n) is 11.9. The number of anilines is 1. The van der Waals surface area contributed by atoms with E-state index >= 15 is 0 Å². The summed E-state index contributed by atoms with van der Waals surface area (Å²) >= 11 is 0. The molecule has 0 spiro atoms. The molecule has 0 bridgehead atoms.